The van der Waals surface area contributed by atoms with Gasteiger partial charge in [0, 0.05) is 18.8 Å². The van der Waals surface area contributed by atoms with Crippen molar-refractivity contribution in [1.82, 2.24) is 15.1 Å². The van der Waals surface area contributed by atoms with Crippen molar-refractivity contribution in [3.63, 3.8) is 0 Å². The SMILES string of the molecule is Cc1cc(C)n(C(CNCCC(=O)O)CC(=O)O)n1. The Balaban J connectivity index is 2.64. The second-order valence-corrected chi connectivity index (χ2v) is 4.47. The van der Waals surface area contributed by atoms with Crippen LogP contribution in [0.15, 0.2) is 6.07 Å². The van der Waals surface area contributed by atoms with Crippen molar-refractivity contribution in [2.75, 3.05) is 13.1 Å². The molecule has 0 aromatic carbocycles. The molecule has 106 valence electrons. The van der Waals surface area contributed by atoms with Gasteiger partial charge in [-0.05, 0) is 19.9 Å². The van der Waals surface area contributed by atoms with Crippen LogP contribution < -0.4 is 5.32 Å². The first-order valence-electron chi connectivity index (χ1n) is 6.07. The number of aromatic nitrogens is 2. The van der Waals surface area contributed by atoms with E-state index in [1.165, 1.54) is 0 Å². The van der Waals surface area contributed by atoms with Gasteiger partial charge in [0.1, 0.15) is 0 Å². The molecule has 0 aliphatic carbocycles. The highest BCUT2D eigenvalue weighted by molar-refractivity contribution is 5.67. The van der Waals surface area contributed by atoms with Gasteiger partial charge in [0.2, 0.25) is 0 Å². The van der Waals surface area contributed by atoms with Crippen LogP contribution in [0.3, 0.4) is 0 Å². The molecule has 0 fully saturated rings. The molecule has 7 nitrogen and oxygen atoms in total. The molecule has 3 N–H and O–H groups in total. The van der Waals surface area contributed by atoms with Crippen molar-refractivity contribution in [3.05, 3.63) is 17.5 Å². The highest BCUT2D eigenvalue weighted by Gasteiger charge is 2.18. The zero-order valence-corrected chi connectivity index (χ0v) is 11.1. The largest absolute Gasteiger partial charge is 0.481 e. The Kier molecular flexibility index (Phi) is 5.50. The maximum atomic E-state index is 10.9. The molecule has 0 saturated heterocycles. The lowest BCUT2D eigenvalue weighted by Gasteiger charge is -2.18. The number of carboxylic acid groups (broad SMARTS) is 2. The number of carbonyl (C=O) groups is 2. The van der Waals surface area contributed by atoms with E-state index in [0.717, 1.165) is 11.4 Å². The molecule has 1 atom stereocenters. The van der Waals surface area contributed by atoms with Gasteiger partial charge in [-0.1, -0.05) is 0 Å². The molecule has 0 spiro atoms. The summed E-state index contributed by atoms with van der Waals surface area (Å²) in [5.41, 5.74) is 1.72. The van der Waals surface area contributed by atoms with Gasteiger partial charge < -0.3 is 15.5 Å². The quantitative estimate of drug-likeness (QED) is 0.596. The fourth-order valence-corrected chi connectivity index (χ4v) is 1.93. The minimum Gasteiger partial charge on any atom is -0.481 e. The summed E-state index contributed by atoms with van der Waals surface area (Å²) < 4.78 is 1.68. The predicted octanol–water partition coefficient (Wildman–Crippen LogP) is 0.580. The van der Waals surface area contributed by atoms with Crippen molar-refractivity contribution in [2.24, 2.45) is 0 Å². The first-order valence-corrected chi connectivity index (χ1v) is 6.07. The van der Waals surface area contributed by atoms with E-state index in [4.69, 9.17) is 10.2 Å². The topological polar surface area (TPSA) is 104 Å². The van der Waals surface area contributed by atoms with E-state index >= 15 is 0 Å². The van der Waals surface area contributed by atoms with Crippen LogP contribution >= 0.6 is 0 Å². The average molecular weight is 269 g/mol. The number of nitrogens with zero attached hydrogens (tertiary/aromatic N) is 2. The minimum atomic E-state index is -0.905. The first-order chi connectivity index (χ1) is 8.90. The molecule has 0 bridgehead atoms. The molecule has 0 radical (unpaired) electrons. The second kappa shape index (κ2) is 6.89. The molecule has 1 aromatic heterocycles. The third-order valence-electron chi connectivity index (χ3n) is 2.70. The van der Waals surface area contributed by atoms with Gasteiger partial charge >= 0.3 is 11.9 Å². The fraction of sp³-hybridized carbons (Fsp3) is 0.583. The van der Waals surface area contributed by atoms with Crippen molar-refractivity contribution >= 4 is 11.9 Å². The van der Waals surface area contributed by atoms with Crippen LogP contribution in [0.1, 0.15) is 30.3 Å². The standard InChI is InChI=1S/C12H19N3O4/c1-8-5-9(2)15(14-8)10(6-12(18)19)7-13-4-3-11(16)17/h5,10,13H,3-4,6-7H2,1-2H3,(H,16,17)(H,18,19). The molecular formula is C12H19N3O4. The van der Waals surface area contributed by atoms with Crippen LogP contribution in [-0.2, 0) is 9.59 Å². The summed E-state index contributed by atoms with van der Waals surface area (Å²) in [5, 5.41) is 24.7. The zero-order valence-electron chi connectivity index (χ0n) is 11.1. The summed E-state index contributed by atoms with van der Waals surface area (Å²) in [5.74, 6) is -1.79. The number of aryl methyl sites for hydroxylation is 2. The molecule has 1 heterocycles. The lowest BCUT2D eigenvalue weighted by atomic mass is 10.2. The van der Waals surface area contributed by atoms with Crippen LogP contribution in [0.5, 0.6) is 0 Å². The predicted molar refractivity (Wildman–Crippen MR) is 68.1 cm³/mol. The third kappa shape index (κ3) is 5.09. The lowest BCUT2D eigenvalue weighted by Crippen LogP contribution is -2.30. The van der Waals surface area contributed by atoms with Gasteiger partial charge in [0.25, 0.3) is 0 Å². The molecule has 1 rings (SSSR count). The number of aliphatic carboxylic acids is 2. The number of hydrogen-bond donors (Lipinski definition) is 3. The van der Waals surface area contributed by atoms with Crippen molar-refractivity contribution < 1.29 is 19.8 Å². The third-order valence-corrected chi connectivity index (χ3v) is 2.70. The van der Waals surface area contributed by atoms with E-state index in [-0.39, 0.29) is 18.9 Å². The van der Waals surface area contributed by atoms with Gasteiger partial charge in [0.15, 0.2) is 0 Å². The molecule has 1 aromatic rings. The highest BCUT2D eigenvalue weighted by atomic mass is 16.4. The molecule has 0 amide bonds. The number of carboxylic acids is 2. The van der Waals surface area contributed by atoms with E-state index in [1.54, 1.807) is 4.68 Å². The molecule has 0 saturated carbocycles. The Labute approximate surface area is 111 Å². The summed E-state index contributed by atoms with van der Waals surface area (Å²) >= 11 is 0. The normalized spacial score (nSPS) is 12.3. The van der Waals surface area contributed by atoms with Crippen molar-refractivity contribution in [1.29, 1.82) is 0 Å². The Bertz CT molecular complexity index is 456. The Morgan fingerprint density at radius 3 is 2.53 bits per heavy atom. The van der Waals surface area contributed by atoms with E-state index in [1.807, 2.05) is 19.9 Å². The lowest BCUT2D eigenvalue weighted by molar-refractivity contribution is -0.138. The van der Waals surface area contributed by atoms with Crippen molar-refractivity contribution in [2.45, 2.75) is 32.7 Å². The Hall–Kier alpha value is -1.89. The Morgan fingerprint density at radius 1 is 1.37 bits per heavy atom. The number of hydrogen-bond acceptors (Lipinski definition) is 4. The van der Waals surface area contributed by atoms with Crippen molar-refractivity contribution in [3.8, 4) is 0 Å². The van der Waals surface area contributed by atoms with E-state index < -0.39 is 11.9 Å². The summed E-state index contributed by atoms with van der Waals surface area (Å²) in [7, 11) is 0. The number of rotatable bonds is 8. The molecular weight excluding hydrogens is 250 g/mol. The maximum Gasteiger partial charge on any atom is 0.305 e. The monoisotopic (exact) mass is 269 g/mol. The Morgan fingerprint density at radius 2 is 2.05 bits per heavy atom. The van der Waals surface area contributed by atoms with E-state index in [0.29, 0.717) is 13.1 Å². The highest BCUT2D eigenvalue weighted by Crippen LogP contribution is 2.14. The van der Waals surface area contributed by atoms with Crippen LogP contribution in [0.2, 0.25) is 0 Å². The maximum absolute atomic E-state index is 10.9. The van der Waals surface area contributed by atoms with Crippen LogP contribution in [0.25, 0.3) is 0 Å². The van der Waals surface area contributed by atoms with Crippen LogP contribution in [0.4, 0.5) is 0 Å². The fourth-order valence-electron chi connectivity index (χ4n) is 1.93. The smallest absolute Gasteiger partial charge is 0.305 e. The molecule has 1 unspecified atom stereocenters. The molecule has 0 aliphatic heterocycles. The van der Waals surface area contributed by atoms with Gasteiger partial charge in [0.05, 0.1) is 24.6 Å². The summed E-state index contributed by atoms with van der Waals surface area (Å²) in [6.07, 6.45) is -0.0427. The average Bonchev–Trinajstić information content (AvgIpc) is 2.61. The molecule has 19 heavy (non-hydrogen) atoms. The van der Waals surface area contributed by atoms with Gasteiger partial charge in [-0.2, -0.15) is 5.10 Å². The second-order valence-electron chi connectivity index (χ2n) is 4.47. The summed E-state index contributed by atoms with van der Waals surface area (Å²) in [4.78, 5) is 21.3. The minimum absolute atomic E-state index is 0.0108. The number of nitrogens with one attached hydrogen (secondary N) is 1. The van der Waals surface area contributed by atoms with Gasteiger partial charge in [-0.15, -0.1) is 0 Å². The zero-order chi connectivity index (χ0) is 14.4. The van der Waals surface area contributed by atoms with Gasteiger partial charge in [-0.25, -0.2) is 0 Å². The van der Waals surface area contributed by atoms with E-state index in [9.17, 15) is 9.59 Å². The van der Waals surface area contributed by atoms with E-state index in [2.05, 4.69) is 10.4 Å². The molecule has 0 aliphatic rings. The van der Waals surface area contributed by atoms with Crippen LogP contribution in [-0.4, -0.2) is 45.0 Å². The van der Waals surface area contributed by atoms with Crippen LogP contribution in [0, 0.1) is 13.8 Å². The summed E-state index contributed by atoms with van der Waals surface area (Å²) in [6.45, 7) is 4.40. The molecule has 7 heteroatoms. The van der Waals surface area contributed by atoms with Gasteiger partial charge in [-0.3, -0.25) is 14.3 Å². The first kappa shape index (κ1) is 15.2. The summed E-state index contributed by atoms with van der Waals surface area (Å²) in [6, 6.07) is 1.56.